The maximum Gasteiger partial charge on any atom is 0.218 e. The highest BCUT2D eigenvalue weighted by molar-refractivity contribution is 6.37. The van der Waals surface area contributed by atoms with E-state index in [0.717, 1.165) is 60.8 Å². The molecule has 2 aliphatic heterocycles. The fraction of sp³-hybridized carbons (Fsp3) is 0.360. The number of piperidine rings is 1. The minimum Gasteiger partial charge on any atom is -0.356 e. The summed E-state index contributed by atoms with van der Waals surface area (Å²) in [5.74, 6) is 2.28. The first-order valence-electron chi connectivity index (χ1n) is 11.3. The Bertz CT molecular complexity index is 1160. The first kappa shape index (κ1) is 21.8. The summed E-state index contributed by atoms with van der Waals surface area (Å²) in [6, 6.07) is 6.79. The molecule has 1 atom stereocenters. The van der Waals surface area contributed by atoms with Crippen LogP contribution in [0.3, 0.4) is 0 Å². The molecule has 0 spiro atoms. The van der Waals surface area contributed by atoms with Crippen LogP contribution in [0.4, 0.5) is 10.2 Å². The van der Waals surface area contributed by atoms with Crippen molar-refractivity contribution in [2.24, 2.45) is 15.9 Å². The van der Waals surface area contributed by atoms with Crippen molar-refractivity contribution in [1.82, 2.24) is 15.3 Å². The van der Waals surface area contributed by atoms with Crippen molar-refractivity contribution in [3.63, 3.8) is 0 Å². The van der Waals surface area contributed by atoms with E-state index in [1.165, 1.54) is 12.1 Å². The lowest BCUT2D eigenvalue weighted by Gasteiger charge is -2.34. The summed E-state index contributed by atoms with van der Waals surface area (Å²) >= 11 is 6.39. The topological polar surface area (TPSA) is 65.8 Å². The van der Waals surface area contributed by atoms with E-state index >= 15 is 0 Å². The lowest BCUT2D eigenvalue weighted by molar-refractivity contribution is 0.461. The van der Waals surface area contributed by atoms with Gasteiger partial charge in [0, 0.05) is 42.4 Å². The van der Waals surface area contributed by atoms with Crippen LogP contribution in [0.15, 0.2) is 58.7 Å². The van der Waals surface area contributed by atoms with Crippen LogP contribution in [0, 0.1) is 18.7 Å². The molecule has 1 unspecified atom stereocenters. The summed E-state index contributed by atoms with van der Waals surface area (Å²) in [7, 11) is 0. The number of hydrogen-bond acceptors (Lipinski definition) is 6. The van der Waals surface area contributed by atoms with Crippen LogP contribution in [0.5, 0.6) is 0 Å². The molecule has 3 aliphatic rings. The second-order valence-electron chi connectivity index (χ2n) is 8.59. The molecule has 1 aliphatic carbocycles. The number of guanidine groups is 1. The van der Waals surface area contributed by atoms with Crippen LogP contribution in [-0.2, 0) is 0 Å². The largest absolute Gasteiger partial charge is 0.356 e. The van der Waals surface area contributed by atoms with Crippen LogP contribution in [0.25, 0.3) is 5.57 Å². The molecular weight excluding hydrogens is 439 g/mol. The Morgan fingerprint density at radius 1 is 1.18 bits per heavy atom. The number of aromatic nitrogens is 2. The molecule has 5 rings (SSSR count). The second kappa shape index (κ2) is 9.43. The number of halogens is 2. The van der Waals surface area contributed by atoms with Gasteiger partial charge in [0.05, 0.1) is 17.3 Å². The third kappa shape index (κ3) is 4.83. The van der Waals surface area contributed by atoms with Gasteiger partial charge in [0.2, 0.25) is 5.96 Å². The maximum absolute atomic E-state index is 13.6. The third-order valence-corrected chi connectivity index (χ3v) is 6.62. The molecule has 0 saturated carbocycles. The zero-order valence-electron chi connectivity index (χ0n) is 18.5. The lowest BCUT2D eigenvalue weighted by atomic mass is 9.90. The standard InChI is InChI=1S/C25H26ClFN6/c1-16-28-11-8-23(30-16)33-12-9-19(10-13-33)31-25-29-15-17-4-2-3-5-21(24(17)32-25)20-7-6-18(27)14-22(20)26/h2-3,5-8,11,14,17,19H,4,9-10,12-13,15H2,1H3,(H,29,31). The molecule has 170 valence electrons. The first-order valence-corrected chi connectivity index (χ1v) is 11.7. The van der Waals surface area contributed by atoms with Crippen molar-refractivity contribution in [2.75, 3.05) is 24.5 Å². The van der Waals surface area contributed by atoms with E-state index in [-0.39, 0.29) is 11.7 Å². The van der Waals surface area contributed by atoms with E-state index in [1.54, 1.807) is 6.07 Å². The SMILES string of the molecule is Cc1nccc(N2CCC(NC3=NCC4CC=CC=C(c5ccc(F)cc5Cl)C4=N3)CC2)n1. The van der Waals surface area contributed by atoms with Crippen molar-refractivity contribution < 1.29 is 4.39 Å². The van der Waals surface area contributed by atoms with Gasteiger partial charge in [0.1, 0.15) is 17.5 Å². The molecule has 2 aromatic rings. The molecule has 8 heteroatoms. The van der Waals surface area contributed by atoms with E-state index in [9.17, 15) is 4.39 Å². The van der Waals surface area contributed by atoms with Gasteiger partial charge in [-0.1, -0.05) is 29.8 Å². The number of aliphatic imine (C=N–C) groups is 2. The van der Waals surface area contributed by atoms with Gasteiger partial charge in [-0.05, 0) is 50.5 Å². The van der Waals surface area contributed by atoms with E-state index in [4.69, 9.17) is 21.6 Å². The number of rotatable bonds is 3. The van der Waals surface area contributed by atoms with Crippen LogP contribution >= 0.6 is 11.6 Å². The predicted octanol–water partition coefficient (Wildman–Crippen LogP) is 4.61. The summed E-state index contributed by atoms with van der Waals surface area (Å²) in [5, 5.41) is 3.94. The Labute approximate surface area is 198 Å². The molecule has 6 nitrogen and oxygen atoms in total. The second-order valence-corrected chi connectivity index (χ2v) is 9.00. The number of allylic oxidation sites excluding steroid dienone is 4. The zero-order valence-corrected chi connectivity index (χ0v) is 19.3. The van der Waals surface area contributed by atoms with Gasteiger partial charge in [0.15, 0.2) is 0 Å². The Morgan fingerprint density at radius 3 is 2.82 bits per heavy atom. The fourth-order valence-electron chi connectivity index (χ4n) is 4.55. The minimum atomic E-state index is -0.344. The Kier molecular flexibility index (Phi) is 6.22. The van der Waals surface area contributed by atoms with Gasteiger partial charge in [-0.3, -0.25) is 4.99 Å². The highest BCUT2D eigenvalue weighted by atomic mass is 35.5. The third-order valence-electron chi connectivity index (χ3n) is 6.30. The quantitative estimate of drug-likeness (QED) is 0.720. The highest BCUT2D eigenvalue weighted by Crippen LogP contribution is 2.32. The minimum absolute atomic E-state index is 0.185. The van der Waals surface area contributed by atoms with Gasteiger partial charge in [0.25, 0.3) is 0 Å². The van der Waals surface area contributed by atoms with Gasteiger partial charge >= 0.3 is 0 Å². The normalized spacial score (nSPS) is 21.0. The number of hydrogen-bond donors (Lipinski definition) is 1. The summed E-state index contributed by atoms with van der Waals surface area (Å²) in [6.45, 7) is 4.42. The van der Waals surface area contributed by atoms with E-state index in [1.807, 2.05) is 31.3 Å². The Morgan fingerprint density at radius 2 is 2.03 bits per heavy atom. The van der Waals surface area contributed by atoms with E-state index in [2.05, 4.69) is 26.3 Å². The molecule has 1 fully saturated rings. The number of nitrogens with one attached hydrogen (secondary N) is 1. The average molecular weight is 465 g/mol. The van der Waals surface area contributed by atoms with E-state index in [0.29, 0.717) is 23.6 Å². The monoisotopic (exact) mass is 464 g/mol. The number of nitrogens with zero attached hydrogens (tertiary/aromatic N) is 5. The molecule has 0 radical (unpaired) electrons. The molecule has 1 aromatic heterocycles. The van der Waals surface area contributed by atoms with Crippen LogP contribution in [0.2, 0.25) is 5.02 Å². The van der Waals surface area contributed by atoms with Crippen LogP contribution in [0.1, 0.15) is 30.7 Å². The van der Waals surface area contributed by atoms with Crippen molar-refractivity contribution in [1.29, 1.82) is 0 Å². The van der Waals surface area contributed by atoms with Gasteiger partial charge < -0.3 is 10.2 Å². The summed E-state index contributed by atoms with van der Waals surface area (Å²) in [6.07, 6.45) is 10.8. The predicted molar refractivity (Wildman–Crippen MR) is 132 cm³/mol. The van der Waals surface area contributed by atoms with Crippen molar-refractivity contribution >= 4 is 34.7 Å². The van der Waals surface area contributed by atoms with Gasteiger partial charge in [-0.25, -0.2) is 19.4 Å². The highest BCUT2D eigenvalue weighted by Gasteiger charge is 2.28. The van der Waals surface area contributed by atoms with Crippen LogP contribution in [-0.4, -0.2) is 47.3 Å². The molecule has 1 N–H and O–H groups in total. The first-order chi connectivity index (χ1) is 16.1. The van der Waals surface area contributed by atoms with Crippen molar-refractivity contribution in [3.8, 4) is 0 Å². The number of benzene rings is 1. The number of aryl methyl sites for hydroxylation is 1. The molecule has 0 bridgehead atoms. The van der Waals surface area contributed by atoms with Crippen molar-refractivity contribution in [2.45, 2.75) is 32.2 Å². The molecule has 0 amide bonds. The van der Waals surface area contributed by atoms with Crippen LogP contribution < -0.4 is 10.2 Å². The smallest absolute Gasteiger partial charge is 0.218 e. The summed E-state index contributed by atoms with van der Waals surface area (Å²) in [4.78, 5) is 20.7. The average Bonchev–Trinajstić information content (AvgIpc) is 3.02. The van der Waals surface area contributed by atoms with Gasteiger partial charge in [-0.15, -0.1) is 0 Å². The Hall–Kier alpha value is -3.06. The number of anilines is 1. The maximum atomic E-state index is 13.6. The lowest BCUT2D eigenvalue weighted by Crippen LogP contribution is -2.45. The zero-order chi connectivity index (χ0) is 22.8. The van der Waals surface area contributed by atoms with Crippen molar-refractivity contribution in [3.05, 3.63) is 70.9 Å². The molecule has 1 saturated heterocycles. The molecule has 3 heterocycles. The van der Waals surface area contributed by atoms with Gasteiger partial charge in [-0.2, -0.15) is 0 Å². The molecule has 1 aromatic carbocycles. The number of fused-ring (bicyclic) bond motifs is 1. The Balaban J connectivity index is 1.30. The summed E-state index contributed by atoms with van der Waals surface area (Å²) in [5.41, 5.74) is 2.69. The fourth-order valence-corrected chi connectivity index (χ4v) is 4.82. The molecular formula is C25H26ClFN6. The molecule has 33 heavy (non-hydrogen) atoms. The summed E-state index contributed by atoms with van der Waals surface area (Å²) < 4.78 is 13.6. The van der Waals surface area contributed by atoms with E-state index < -0.39 is 0 Å².